The molecule has 5 aromatic rings. The van der Waals surface area contributed by atoms with Crippen LogP contribution in [0.15, 0.2) is 89.6 Å². The van der Waals surface area contributed by atoms with Gasteiger partial charge in [-0.2, -0.15) is 0 Å². The Hall–Kier alpha value is -3.71. The molecule has 6 nitrogen and oxygen atoms in total. The number of fused-ring (bicyclic) bond motifs is 4. The van der Waals surface area contributed by atoms with Crippen molar-refractivity contribution in [1.29, 1.82) is 0 Å². The summed E-state index contributed by atoms with van der Waals surface area (Å²) in [5, 5.41) is 2.49. The normalized spacial score (nSPS) is 11.2. The van der Waals surface area contributed by atoms with Crippen LogP contribution in [0.1, 0.15) is 10.4 Å². The molecule has 146 valence electrons. The lowest BCUT2D eigenvalue weighted by Gasteiger charge is -2.07. The van der Waals surface area contributed by atoms with Gasteiger partial charge in [-0.05, 0) is 47.9 Å². The number of hydrogen-bond acceptors (Lipinski definition) is 6. The molecule has 0 saturated heterocycles. The molecule has 0 aliphatic heterocycles. The number of rotatable bonds is 2. The smallest absolute Gasteiger partial charge is 0.351 e. The lowest BCUT2D eigenvalue weighted by Crippen LogP contribution is -2.18. The third-order valence-corrected chi connectivity index (χ3v) is 5.21. The number of carbonyl (C=O) groups is 1. The molecular formula is C23H11BrO6. The first kappa shape index (κ1) is 18.3. The molecule has 0 aliphatic carbocycles. The van der Waals surface area contributed by atoms with Crippen molar-refractivity contribution in [2.45, 2.75) is 0 Å². The van der Waals surface area contributed by atoms with Gasteiger partial charge in [0.1, 0.15) is 22.5 Å². The summed E-state index contributed by atoms with van der Waals surface area (Å²) in [7, 11) is 0. The van der Waals surface area contributed by atoms with E-state index in [1.165, 1.54) is 12.1 Å². The highest BCUT2D eigenvalue weighted by atomic mass is 79.9. The molecule has 0 spiro atoms. The molecule has 0 fully saturated rings. The Morgan fingerprint density at radius 2 is 1.53 bits per heavy atom. The zero-order valence-corrected chi connectivity index (χ0v) is 16.8. The van der Waals surface area contributed by atoms with E-state index in [2.05, 4.69) is 15.9 Å². The third-order valence-electron chi connectivity index (χ3n) is 4.72. The molecule has 0 N–H and O–H groups in total. The van der Waals surface area contributed by atoms with Crippen molar-refractivity contribution in [3.63, 3.8) is 0 Å². The van der Waals surface area contributed by atoms with Crippen LogP contribution in [-0.2, 0) is 0 Å². The van der Waals surface area contributed by atoms with Gasteiger partial charge in [0, 0.05) is 21.3 Å². The van der Waals surface area contributed by atoms with Crippen molar-refractivity contribution >= 4 is 54.6 Å². The molecule has 7 heteroatoms. The Morgan fingerprint density at radius 3 is 2.37 bits per heavy atom. The maximum absolute atomic E-state index is 12.6. The van der Waals surface area contributed by atoms with Gasteiger partial charge in [-0.3, -0.25) is 0 Å². The SMILES string of the molecule is O=C(Oc1ccc2c(c1)oc(=O)c1ccccc12)c1cc2cc(Br)ccc2oc1=O. The van der Waals surface area contributed by atoms with Crippen LogP contribution in [0.4, 0.5) is 0 Å². The standard InChI is InChI=1S/C23H11BrO6/c24-13-5-8-19-12(9-13)10-18(23(27)29-19)22(26)28-14-6-7-16-15-3-1-2-4-17(15)21(25)30-20(16)11-14/h1-11H. The zero-order valence-electron chi connectivity index (χ0n) is 15.2. The fourth-order valence-electron chi connectivity index (χ4n) is 3.32. The summed E-state index contributed by atoms with van der Waals surface area (Å²) < 4.78 is 16.7. The van der Waals surface area contributed by atoms with Crippen molar-refractivity contribution in [3.8, 4) is 5.75 Å². The summed E-state index contributed by atoms with van der Waals surface area (Å²) in [4.78, 5) is 37.0. The van der Waals surface area contributed by atoms with Crippen molar-refractivity contribution in [2.75, 3.05) is 0 Å². The van der Waals surface area contributed by atoms with Gasteiger partial charge in [0.15, 0.2) is 0 Å². The summed E-state index contributed by atoms with van der Waals surface area (Å²) in [6.45, 7) is 0. The quantitative estimate of drug-likeness (QED) is 0.158. The molecule has 0 radical (unpaired) electrons. The van der Waals surface area contributed by atoms with Gasteiger partial charge < -0.3 is 13.6 Å². The predicted octanol–water partition coefficient (Wildman–Crippen LogP) is 5.03. The topological polar surface area (TPSA) is 86.7 Å². The van der Waals surface area contributed by atoms with Gasteiger partial charge >= 0.3 is 17.2 Å². The predicted molar refractivity (Wildman–Crippen MR) is 115 cm³/mol. The third kappa shape index (κ3) is 3.09. The van der Waals surface area contributed by atoms with E-state index in [4.69, 9.17) is 13.6 Å². The molecule has 30 heavy (non-hydrogen) atoms. The van der Waals surface area contributed by atoms with Gasteiger partial charge in [0.05, 0.1) is 5.39 Å². The first-order chi connectivity index (χ1) is 14.5. The first-order valence-corrected chi connectivity index (χ1v) is 9.70. The minimum Gasteiger partial charge on any atom is -0.423 e. The van der Waals surface area contributed by atoms with E-state index in [-0.39, 0.29) is 16.9 Å². The van der Waals surface area contributed by atoms with Gasteiger partial charge in [-0.15, -0.1) is 0 Å². The molecule has 0 atom stereocenters. The number of ether oxygens (including phenoxy) is 1. The van der Waals surface area contributed by atoms with E-state index in [1.54, 1.807) is 42.5 Å². The number of halogens is 1. The fraction of sp³-hybridized carbons (Fsp3) is 0. The van der Waals surface area contributed by atoms with E-state index < -0.39 is 17.2 Å². The lowest BCUT2D eigenvalue weighted by molar-refractivity contribution is 0.0730. The second-order valence-electron chi connectivity index (χ2n) is 6.61. The van der Waals surface area contributed by atoms with E-state index in [0.29, 0.717) is 21.7 Å². The lowest BCUT2D eigenvalue weighted by atomic mass is 10.1. The van der Waals surface area contributed by atoms with E-state index in [0.717, 1.165) is 9.86 Å². The van der Waals surface area contributed by atoms with E-state index >= 15 is 0 Å². The fourth-order valence-corrected chi connectivity index (χ4v) is 3.70. The molecule has 3 aromatic carbocycles. The molecule has 0 aliphatic rings. The minimum absolute atomic E-state index is 0.139. The van der Waals surface area contributed by atoms with Crippen LogP contribution in [0.3, 0.4) is 0 Å². The molecule has 0 amide bonds. The van der Waals surface area contributed by atoms with Crippen LogP contribution < -0.4 is 16.0 Å². The van der Waals surface area contributed by atoms with Crippen LogP contribution in [0.25, 0.3) is 32.7 Å². The highest BCUT2D eigenvalue weighted by Crippen LogP contribution is 2.27. The van der Waals surface area contributed by atoms with Crippen LogP contribution in [0.2, 0.25) is 0 Å². The maximum atomic E-state index is 12.6. The molecule has 2 heterocycles. The number of benzene rings is 3. The minimum atomic E-state index is -0.867. The van der Waals surface area contributed by atoms with Crippen LogP contribution in [0, 0.1) is 0 Å². The monoisotopic (exact) mass is 462 g/mol. The van der Waals surface area contributed by atoms with Gasteiger partial charge in [-0.1, -0.05) is 34.1 Å². The Bertz CT molecular complexity index is 1600. The largest absolute Gasteiger partial charge is 0.423 e. The number of carbonyl (C=O) groups excluding carboxylic acids is 1. The van der Waals surface area contributed by atoms with Crippen molar-refractivity contribution in [2.24, 2.45) is 0 Å². The maximum Gasteiger partial charge on any atom is 0.351 e. The van der Waals surface area contributed by atoms with Crippen LogP contribution in [0.5, 0.6) is 5.75 Å². The average molecular weight is 463 g/mol. The molecule has 5 rings (SSSR count). The van der Waals surface area contributed by atoms with Gasteiger partial charge in [0.25, 0.3) is 0 Å². The Balaban J connectivity index is 1.55. The highest BCUT2D eigenvalue weighted by Gasteiger charge is 2.17. The van der Waals surface area contributed by atoms with E-state index in [1.807, 2.05) is 12.1 Å². The van der Waals surface area contributed by atoms with Crippen LogP contribution in [-0.4, -0.2) is 5.97 Å². The number of hydrogen-bond donors (Lipinski definition) is 0. The first-order valence-electron chi connectivity index (χ1n) is 8.91. The molecule has 0 unspecified atom stereocenters. The van der Waals surface area contributed by atoms with Gasteiger partial charge in [0.2, 0.25) is 0 Å². The summed E-state index contributed by atoms with van der Waals surface area (Å²) in [6.07, 6.45) is 0. The van der Waals surface area contributed by atoms with E-state index in [9.17, 15) is 14.4 Å². The van der Waals surface area contributed by atoms with Crippen molar-refractivity contribution in [3.05, 3.63) is 97.6 Å². The summed E-state index contributed by atoms with van der Waals surface area (Å²) in [5.41, 5.74) is -0.881. The molecular weight excluding hydrogens is 452 g/mol. The Labute approximate surface area is 176 Å². The molecule has 0 bridgehead atoms. The second kappa shape index (κ2) is 6.96. The summed E-state index contributed by atoms with van der Waals surface area (Å²) >= 11 is 3.34. The van der Waals surface area contributed by atoms with Crippen LogP contribution >= 0.6 is 15.9 Å². The summed E-state index contributed by atoms with van der Waals surface area (Å²) in [6, 6.07) is 18.3. The Morgan fingerprint density at radius 1 is 0.767 bits per heavy atom. The van der Waals surface area contributed by atoms with Crippen molar-refractivity contribution < 1.29 is 18.4 Å². The second-order valence-corrected chi connectivity index (χ2v) is 7.53. The zero-order chi connectivity index (χ0) is 20.8. The highest BCUT2D eigenvalue weighted by molar-refractivity contribution is 9.10. The molecule has 2 aromatic heterocycles. The average Bonchev–Trinajstić information content (AvgIpc) is 2.73. The van der Waals surface area contributed by atoms with Crippen molar-refractivity contribution in [1.82, 2.24) is 0 Å². The number of esters is 1. The summed E-state index contributed by atoms with van der Waals surface area (Å²) in [5.74, 6) is -0.729. The Kier molecular flexibility index (Phi) is 4.25. The van der Waals surface area contributed by atoms with Gasteiger partial charge in [-0.25, -0.2) is 14.4 Å². The molecule has 0 saturated carbocycles.